The monoisotopic (exact) mass is 346 g/mol. The summed E-state index contributed by atoms with van der Waals surface area (Å²) in [6.07, 6.45) is 3.08. The van der Waals surface area contributed by atoms with Crippen molar-refractivity contribution in [2.45, 2.75) is 24.7 Å². The molecule has 0 radical (unpaired) electrons. The number of hydrogen-bond donors (Lipinski definition) is 0. The molecule has 0 amide bonds. The van der Waals surface area contributed by atoms with Crippen LogP contribution in [0.4, 0.5) is 0 Å². The molecule has 0 bridgehead atoms. The molecule has 0 N–H and O–H groups in total. The van der Waals surface area contributed by atoms with E-state index in [1.807, 2.05) is 12.1 Å². The van der Waals surface area contributed by atoms with E-state index < -0.39 is 20.0 Å². The van der Waals surface area contributed by atoms with Gasteiger partial charge in [-0.25, -0.2) is 16.8 Å². The molecule has 2 rings (SSSR count). The average molecular weight is 346 g/mol. The molecule has 1 aliphatic rings. The molecule has 0 spiro atoms. The first-order valence-corrected chi connectivity index (χ1v) is 10.6. The summed E-state index contributed by atoms with van der Waals surface area (Å²) in [5, 5.41) is 0. The average Bonchev–Trinajstić information content (AvgIpc) is 2.47. The van der Waals surface area contributed by atoms with E-state index in [2.05, 4.69) is 6.92 Å². The predicted octanol–water partition coefficient (Wildman–Crippen LogP) is 0.905. The number of aryl methyl sites for hydroxylation is 1. The third-order valence-electron chi connectivity index (χ3n) is 3.77. The Morgan fingerprint density at radius 3 is 1.86 bits per heavy atom. The summed E-state index contributed by atoms with van der Waals surface area (Å²) in [5.74, 6) is 0. The molecular formula is C14H22N2O4S2. The van der Waals surface area contributed by atoms with Crippen LogP contribution >= 0.6 is 0 Å². The van der Waals surface area contributed by atoms with E-state index in [9.17, 15) is 16.8 Å². The molecule has 1 aromatic carbocycles. The molecule has 1 saturated heterocycles. The molecule has 0 unspecified atom stereocenters. The fourth-order valence-corrected chi connectivity index (χ4v) is 4.76. The van der Waals surface area contributed by atoms with Gasteiger partial charge in [0.1, 0.15) is 0 Å². The highest BCUT2D eigenvalue weighted by molar-refractivity contribution is 7.89. The first-order valence-electron chi connectivity index (χ1n) is 7.29. The summed E-state index contributed by atoms with van der Waals surface area (Å²) in [6.45, 7) is 2.85. The summed E-state index contributed by atoms with van der Waals surface area (Å²) in [6, 6.07) is 6.93. The van der Waals surface area contributed by atoms with Crippen molar-refractivity contribution in [2.24, 2.45) is 0 Å². The summed E-state index contributed by atoms with van der Waals surface area (Å²) < 4.78 is 50.7. The summed E-state index contributed by atoms with van der Waals surface area (Å²) in [7, 11) is -6.81. The number of piperazine rings is 1. The van der Waals surface area contributed by atoms with Crippen LogP contribution in [0, 0.1) is 0 Å². The largest absolute Gasteiger partial charge is 0.243 e. The Hall–Kier alpha value is -0.960. The van der Waals surface area contributed by atoms with Gasteiger partial charge >= 0.3 is 0 Å². The van der Waals surface area contributed by atoms with Crippen molar-refractivity contribution in [3.05, 3.63) is 29.8 Å². The summed E-state index contributed by atoms with van der Waals surface area (Å²) in [5.41, 5.74) is 1.11. The lowest BCUT2D eigenvalue weighted by atomic mass is 10.1. The minimum atomic E-state index is -3.55. The lowest BCUT2D eigenvalue weighted by molar-refractivity contribution is 0.274. The molecule has 1 fully saturated rings. The maximum Gasteiger partial charge on any atom is 0.243 e. The zero-order valence-corrected chi connectivity index (χ0v) is 14.5. The van der Waals surface area contributed by atoms with Crippen molar-refractivity contribution >= 4 is 20.0 Å². The van der Waals surface area contributed by atoms with Gasteiger partial charge in [-0.05, 0) is 24.1 Å². The highest BCUT2D eigenvalue weighted by atomic mass is 32.2. The number of hydrogen-bond acceptors (Lipinski definition) is 4. The fraction of sp³-hybridized carbons (Fsp3) is 0.571. The third-order valence-corrected chi connectivity index (χ3v) is 6.98. The Morgan fingerprint density at radius 2 is 1.41 bits per heavy atom. The lowest BCUT2D eigenvalue weighted by Gasteiger charge is -2.32. The van der Waals surface area contributed by atoms with Crippen LogP contribution in [0.3, 0.4) is 0 Å². The quantitative estimate of drug-likeness (QED) is 0.794. The molecule has 0 aromatic heterocycles. The number of rotatable bonds is 5. The topological polar surface area (TPSA) is 74.8 Å². The maximum atomic E-state index is 12.6. The molecule has 6 nitrogen and oxygen atoms in total. The van der Waals surface area contributed by atoms with Crippen LogP contribution in [-0.2, 0) is 26.5 Å². The number of sulfonamides is 2. The van der Waals surface area contributed by atoms with E-state index in [1.54, 1.807) is 12.1 Å². The van der Waals surface area contributed by atoms with E-state index in [-0.39, 0.29) is 31.1 Å². The predicted molar refractivity (Wildman–Crippen MR) is 85.6 cm³/mol. The van der Waals surface area contributed by atoms with Crippen molar-refractivity contribution in [3.8, 4) is 0 Å². The standard InChI is InChI=1S/C14H22N2O4S2/c1-3-4-13-5-7-14(8-6-13)22(19,20)16-11-9-15(10-12-16)21(2,17)18/h5-8H,3-4,9-12H2,1-2H3. The fourth-order valence-electron chi connectivity index (χ4n) is 2.51. The van der Waals surface area contributed by atoms with Crippen LogP contribution in [0.15, 0.2) is 29.2 Å². The summed E-state index contributed by atoms with van der Waals surface area (Å²) >= 11 is 0. The highest BCUT2D eigenvalue weighted by Gasteiger charge is 2.31. The van der Waals surface area contributed by atoms with Crippen molar-refractivity contribution < 1.29 is 16.8 Å². The van der Waals surface area contributed by atoms with Gasteiger partial charge in [0.2, 0.25) is 20.0 Å². The number of nitrogens with zero attached hydrogens (tertiary/aromatic N) is 2. The second-order valence-electron chi connectivity index (χ2n) is 5.46. The third kappa shape index (κ3) is 3.87. The molecule has 8 heteroatoms. The van der Waals surface area contributed by atoms with Crippen LogP contribution in [0.25, 0.3) is 0 Å². The van der Waals surface area contributed by atoms with Crippen LogP contribution in [0.1, 0.15) is 18.9 Å². The molecule has 1 aliphatic heterocycles. The lowest BCUT2D eigenvalue weighted by Crippen LogP contribution is -2.50. The molecule has 1 aromatic rings. The zero-order chi connectivity index (χ0) is 16.4. The second-order valence-corrected chi connectivity index (χ2v) is 9.38. The Labute approximate surface area is 132 Å². The Morgan fingerprint density at radius 1 is 0.909 bits per heavy atom. The van der Waals surface area contributed by atoms with Gasteiger partial charge in [0.05, 0.1) is 11.2 Å². The van der Waals surface area contributed by atoms with Gasteiger partial charge in [0.25, 0.3) is 0 Å². The number of benzene rings is 1. The normalized spacial score (nSPS) is 18.5. The van der Waals surface area contributed by atoms with Gasteiger partial charge < -0.3 is 0 Å². The van der Waals surface area contributed by atoms with Gasteiger partial charge in [-0.3, -0.25) is 0 Å². The SMILES string of the molecule is CCCc1ccc(S(=O)(=O)N2CCN(S(C)(=O)=O)CC2)cc1. The van der Waals surface area contributed by atoms with Crippen molar-refractivity contribution in [1.29, 1.82) is 0 Å². The first-order chi connectivity index (χ1) is 10.2. The minimum Gasteiger partial charge on any atom is -0.213 e. The van der Waals surface area contributed by atoms with Gasteiger partial charge in [0, 0.05) is 26.2 Å². The zero-order valence-electron chi connectivity index (χ0n) is 12.9. The van der Waals surface area contributed by atoms with Gasteiger partial charge in [0.15, 0.2) is 0 Å². The Balaban J connectivity index is 2.11. The minimum absolute atomic E-state index is 0.187. The Bertz CT molecular complexity index is 704. The van der Waals surface area contributed by atoms with Crippen LogP contribution < -0.4 is 0 Å². The molecule has 0 saturated carbocycles. The first kappa shape index (κ1) is 17.4. The van der Waals surface area contributed by atoms with Gasteiger partial charge in [-0.1, -0.05) is 25.5 Å². The second kappa shape index (κ2) is 6.66. The maximum absolute atomic E-state index is 12.6. The van der Waals surface area contributed by atoms with E-state index >= 15 is 0 Å². The van der Waals surface area contributed by atoms with E-state index in [4.69, 9.17) is 0 Å². The van der Waals surface area contributed by atoms with Crippen molar-refractivity contribution in [2.75, 3.05) is 32.4 Å². The van der Waals surface area contributed by atoms with Crippen LogP contribution in [0.2, 0.25) is 0 Å². The van der Waals surface area contributed by atoms with E-state index in [0.29, 0.717) is 0 Å². The van der Waals surface area contributed by atoms with E-state index in [0.717, 1.165) is 24.7 Å². The van der Waals surface area contributed by atoms with Gasteiger partial charge in [-0.2, -0.15) is 8.61 Å². The highest BCUT2D eigenvalue weighted by Crippen LogP contribution is 2.19. The van der Waals surface area contributed by atoms with Crippen LogP contribution in [0.5, 0.6) is 0 Å². The Kier molecular flexibility index (Phi) is 5.26. The van der Waals surface area contributed by atoms with Gasteiger partial charge in [-0.15, -0.1) is 0 Å². The molecular weight excluding hydrogens is 324 g/mol. The van der Waals surface area contributed by atoms with Crippen molar-refractivity contribution in [3.63, 3.8) is 0 Å². The smallest absolute Gasteiger partial charge is 0.213 e. The molecule has 0 aliphatic carbocycles. The molecule has 1 heterocycles. The van der Waals surface area contributed by atoms with Crippen molar-refractivity contribution in [1.82, 2.24) is 8.61 Å². The molecule has 22 heavy (non-hydrogen) atoms. The summed E-state index contributed by atoms with van der Waals surface area (Å²) in [4.78, 5) is 0.264. The molecule has 124 valence electrons. The molecule has 0 atom stereocenters. The van der Waals surface area contributed by atoms with Crippen LogP contribution in [-0.4, -0.2) is 57.9 Å². The van der Waals surface area contributed by atoms with E-state index in [1.165, 1.54) is 8.61 Å².